The van der Waals surface area contributed by atoms with E-state index in [0.717, 1.165) is 37.8 Å². The lowest BCUT2D eigenvalue weighted by atomic mass is 9.68. The fourth-order valence-electron chi connectivity index (χ4n) is 8.71. The summed E-state index contributed by atoms with van der Waals surface area (Å²) >= 11 is 6.48. The molecule has 8 rings (SSSR count). The Hall–Kier alpha value is -4.95. The van der Waals surface area contributed by atoms with E-state index in [4.69, 9.17) is 21.1 Å². The van der Waals surface area contributed by atoms with Crippen molar-refractivity contribution in [3.63, 3.8) is 0 Å². The number of fused-ring (bicyclic) bond motifs is 4. The fourth-order valence-corrected chi connectivity index (χ4v) is 10.1. The molecule has 0 radical (unpaired) electrons. The number of aryl methyl sites for hydroxylation is 3. The number of hydrogen-bond acceptors (Lipinski definition) is 9. The van der Waals surface area contributed by atoms with E-state index < -0.39 is 45.8 Å². The minimum atomic E-state index is -2.62. The Morgan fingerprint density at radius 3 is 2.57 bits per heavy atom. The van der Waals surface area contributed by atoms with Crippen molar-refractivity contribution in [1.29, 1.82) is 0 Å². The molecule has 15 heteroatoms. The Morgan fingerprint density at radius 2 is 1.84 bits per heavy atom. The number of nitrogens with zero attached hydrogens (tertiary/aromatic N) is 6. The molecule has 13 nitrogen and oxygen atoms in total. The molecule has 1 fully saturated rings. The van der Waals surface area contributed by atoms with Gasteiger partial charge in [-0.1, -0.05) is 30.7 Å². The number of benzene rings is 2. The summed E-state index contributed by atoms with van der Waals surface area (Å²) < 4.78 is 34.2. The highest BCUT2D eigenvalue weighted by atomic mass is 35.5. The van der Waals surface area contributed by atoms with Crippen molar-refractivity contribution in [3.8, 4) is 5.75 Å². The molecule has 1 spiro atoms. The number of nitrogens with one attached hydrogen (secondary N) is 1. The Morgan fingerprint density at radius 1 is 1.05 bits per heavy atom. The third kappa shape index (κ3) is 7.60. The molecule has 2 aliphatic heterocycles. The molecule has 2 aromatic carbocycles. The molecule has 4 aliphatic rings. The maximum Gasteiger partial charge on any atom is 0.341 e. The van der Waals surface area contributed by atoms with E-state index in [9.17, 15) is 18.6 Å². The summed E-state index contributed by atoms with van der Waals surface area (Å²) in [6.45, 7) is 3.58. The van der Waals surface area contributed by atoms with Gasteiger partial charge < -0.3 is 19.7 Å². The van der Waals surface area contributed by atoms with Gasteiger partial charge in [0.2, 0.25) is 0 Å². The predicted octanol–water partition coefficient (Wildman–Crippen LogP) is 5.69. The second kappa shape index (κ2) is 15.5. The SMILES string of the molecule is C[C@H]1C/C=C/[C@H](OC(=O)c2cnn(C)c2)[C@@H]2CC[C@H]2CN2C[C@@]3(CCCc4cc(Cl)ccc43)COc3ccc(cc32)C(=O)/N=[SH](=O)\C1NC(=O)c1cnn(C)c1. The van der Waals surface area contributed by atoms with Gasteiger partial charge in [-0.3, -0.25) is 23.2 Å². The number of thiol groups is 1. The van der Waals surface area contributed by atoms with Gasteiger partial charge in [-0.2, -0.15) is 14.6 Å². The van der Waals surface area contributed by atoms with Crippen LogP contribution >= 0.6 is 11.6 Å². The van der Waals surface area contributed by atoms with E-state index in [1.54, 1.807) is 49.4 Å². The smallest absolute Gasteiger partial charge is 0.341 e. The quantitative estimate of drug-likeness (QED) is 0.151. The predicted molar refractivity (Wildman–Crippen MR) is 213 cm³/mol. The second-order valence-corrected chi connectivity index (χ2v) is 17.5. The number of halogens is 1. The van der Waals surface area contributed by atoms with Crippen LogP contribution in [0.25, 0.3) is 0 Å². The number of ether oxygens (including phenoxy) is 2. The minimum Gasteiger partial charge on any atom is -0.490 e. The van der Waals surface area contributed by atoms with Gasteiger partial charge in [0.15, 0.2) is 0 Å². The average Bonchev–Trinajstić information content (AvgIpc) is 3.77. The number of hydrogen-bond donors (Lipinski definition) is 2. The van der Waals surface area contributed by atoms with E-state index in [2.05, 4.69) is 36.9 Å². The van der Waals surface area contributed by atoms with E-state index in [1.165, 1.54) is 28.2 Å². The standard InChI is InChI=1S/C41H46ClN7O6S/c1-25-6-4-8-35(55-40(52)30-19-44-48(3)21-30)32-12-9-28(32)22-49-23-41(15-5-7-26-16-31(42)11-13-33(26)41)24-54-36-14-10-27(17-34(36)49)38(51)46-56(53)39(25)45-37(50)29-18-43-47(2)20-29/h4,8,10-11,13-14,16-21,25,28,32,35,39,56H,5-7,9,12,15,22-24H2,1-3H3,(H,45,50)/b8-4+/t25-,28-,32+,35-,39?,41-/m0/s1. The highest BCUT2D eigenvalue weighted by Gasteiger charge is 2.45. The maximum absolute atomic E-state index is 14.0. The van der Waals surface area contributed by atoms with Crippen LogP contribution in [0.4, 0.5) is 5.69 Å². The number of aromatic nitrogens is 4. The second-order valence-electron chi connectivity index (χ2n) is 15.7. The maximum atomic E-state index is 14.0. The number of anilines is 1. The van der Waals surface area contributed by atoms with Gasteiger partial charge in [0.25, 0.3) is 11.8 Å². The van der Waals surface area contributed by atoms with Gasteiger partial charge in [0.05, 0.1) is 46.4 Å². The molecule has 1 N–H and O–H groups in total. The number of esters is 1. The van der Waals surface area contributed by atoms with Crippen molar-refractivity contribution in [3.05, 3.63) is 106 Å². The number of rotatable bonds is 4. The lowest BCUT2D eigenvalue weighted by Crippen LogP contribution is -2.50. The van der Waals surface area contributed by atoms with Crippen LogP contribution in [-0.4, -0.2) is 72.7 Å². The first-order valence-electron chi connectivity index (χ1n) is 19.2. The van der Waals surface area contributed by atoms with Crippen molar-refractivity contribution >= 4 is 45.7 Å². The zero-order valence-corrected chi connectivity index (χ0v) is 33.3. The van der Waals surface area contributed by atoms with Gasteiger partial charge in [-0.15, -0.1) is 0 Å². The lowest BCUT2D eigenvalue weighted by Gasteiger charge is -2.46. The summed E-state index contributed by atoms with van der Waals surface area (Å²) in [4.78, 5) is 43.0. The minimum absolute atomic E-state index is 0.00799. The first-order chi connectivity index (χ1) is 27.0. The molecule has 1 saturated carbocycles. The molecule has 56 heavy (non-hydrogen) atoms. The third-order valence-electron chi connectivity index (χ3n) is 11.9. The number of amides is 2. The van der Waals surface area contributed by atoms with Crippen molar-refractivity contribution in [1.82, 2.24) is 24.9 Å². The van der Waals surface area contributed by atoms with Crippen LogP contribution < -0.4 is 15.0 Å². The first kappa shape index (κ1) is 37.9. The highest BCUT2D eigenvalue weighted by Crippen LogP contribution is 2.47. The van der Waals surface area contributed by atoms with Crippen LogP contribution in [-0.2, 0) is 41.3 Å². The van der Waals surface area contributed by atoms with Crippen LogP contribution in [0.3, 0.4) is 0 Å². The summed E-state index contributed by atoms with van der Waals surface area (Å²) in [5.41, 5.74) is 3.80. The van der Waals surface area contributed by atoms with E-state index in [0.29, 0.717) is 48.0 Å². The highest BCUT2D eigenvalue weighted by molar-refractivity contribution is 7.76. The number of carbonyl (C=O) groups excluding carboxylic acids is 3. The molecule has 4 aromatic rings. The molecule has 2 unspecified atom stereocenters. The summed E-state index contributed by atoms with van der Waals surface area (Å²) in [5, 5.41) is 10.9. The molecular formula is C41H46ClN7O6S. The van der Waals surface area contributed by atoms with Crippen molar-refractivity contribution in [2.24, 2.45) is 36.2 Å². The first-order valence-corrected chi connectivity index (χ1v) is 20.8. The Labute approximate surface area is 332 Å². The van der Waals surface area contributed by atoms with Gasteiger partial charge in [0, 0.05) is 61.5 Å². The lowest BCUT2D eigenvalue weighted by molar-refractivity contribution is -0.00209. The van der Waals surface area contributed by atoms with Gasteiger partial charge in [-0.05, 0) is 97.9 Å². The summed E-state index contributed by atoms with van der Waals surface area (Å²) in [6, 6.07) is 11.4. The van der Waals surface area contributed by atoms with Gasteiger partial charge in [0.1, 0.15) is 17.2 Å². The summed E-state index contributed by atoms with van der Waals surface area (Å²) in [7, 11) is 0.828. The Balaban J connectivity index is 1.19. The van der Waals surface area contributed by atoms with Gasteiger partial charge in [-0.25, -0.2) is 4.79 Å². The largest absolute Gasteiger partial charge is 0.490 e. The molecule has 294 valence electrons. The van der Waals surface area contributed by atoms with Crippen LogP contribution in [0.5, 0.6) is 5.75 Å². The number of carbonyl (C=O) groups is 3. The molecule has 0 saturated heterocycles. The zero-order valence-electron chi connectivity index (χ0n) is 31.6. The van der Waals surface area contributed by atoms with Crippen LogP contribution in [0.1, 0.15) is 81.2 Å². The van der Waals surface area contributed by atoms with Crippen molar-refractivity contribution in [2.75, 3.05) is 24.6 Å². The van der Waals surface area contributed by atoms with E-state index >= 15 is 0 Å². The van der Waals surface area contributed by atoms with Crippen molar-refractivity contribution < 1.29 is 28.1 Å². The molecular weight excluding hydrogens is 754 g/mol. The molecule has 2 bridgehead atoms. The Bertz CT molecular complexity index is 2300. The monoisotopic (exact) mass is 799 g/mol. The topological polar surface area (TPSA) is 150 Å². The molecule has 4 heterocycles. The van der Waals surface area contributed by atoms with E-state index in [1.807, 2.05) is 25.1 Å². The van der Waals surface area contributed by atoms with Crippen LogP contribution in [0.15, 0.2) is 77.7 Å². The molecule has 2 amide bonds. The van der Waals surface area contributed by atoms with Crippen LogP contribution in [0, 0.1) is 17.8 Å². The molecule has 2 aliphatic carbocycles. The summed E-state index contributed by atoms with van der Waals surface area (Å²) in [5.74, 6) is -1.17. The normalized spacial score (nSPS) is 28.4. The fraction of sp³-hybridized carbons (Fsp3) is 0.439. The zero-order chi connectivity index (χ0) is 39.1. The number of allylic oxidation sites excluding steroid dienone is 1. The Kier molecular flexibility index (Phi) is 10.5. The average molecular weight is 800 g/mol. The van der Waals surface area contributed by atoms with E-state index in [-0.39, 0.29) is 22.8 Å². The molecule has 7 atom stereocenters. The van der Waals surface area contributed by atoms with Gasteiger partial charge >= 0.3 is 5.97 Å². The van der Waals surface area contributed by atoms with Crippen LogP contribution in [0.2, 0.25) is 5.02 Å². The summed E-state index contributed by atoms with van der Waals surface area (Å²) in [6.07, 6.45) is 14.4. The third-order valence-corrected chi connectivity index (χ3v) is 13.6. The molecule has 2 aromatic heterocycles. The van der Waals surface area contributed by atoms with Crippen molar-refractivity contribution in [2.45, 2.75) is 62.3 Å².